The van der Waals surface area contributed by atoms with Gasteiger partial charge in [-0.3, -0.25) is 10.1 Å². The zero-order chi connectivity index (χ0) is 13.5. The Bertz CT molecular complexity index is 471. The number of methoxy groups -OCH3 is 1. The largest absolute Gasteiger partial charge is 0.476 e. The number of nitriles is 1. The van der Waals surface area contributed by atoms with Gasteiger partial charge in [-0.05, 0) is 6.92 Å². The van der Waals surface area contributed by atoms with Crippen molar-refractivity contribution in [2.75, 3.05) is 25.1 Å². The number of aromatic nitrogens is 2. The number of ether oxygens (including phenoxy) is 1. The molecule has 0 saturated carbocycles. The van der Waals surface area contributed by atoms with E-state index in [1.54, 1.807) is 4.90 Å². The van der Waals surface area contributed by atoms with E-state index in [0.717, 1.165) is 0 Å². The van der Waals surface area contributed by atoms with Gasteiger partial charge in [0.2, 0.25) is 5.82 Å². The minimum atomic E-state index is -0.580. The van der Waals surface area contributed by atoms with Crippen LogP contribution in [0.25, 0.3) is 0 Å². The highest BCUT2D eigenvalue weighted by atomic mass is 16.6. The van der Waals surface area contributed by atoms with Crippen LogP contribution in [0.4, 0.5) is 11.5 Å². The maximum atomic E-state index is 11.0. The average Bonchev–Trinajstić information content (AvgIpc) is 2.38. The fourth-order valence-corrected chi connectivity index (χ4v) is 1.49. The SMILES string of the molecule is CCN(CCC#N)c1ncnc(OC)c1[N+](=O)[O-]. The van der Waals surface area contributed by atoms with Crippen molar-refractivity contribution in [3.05, 3.63) is 16.4 Å². The summed E-state index contributed by atoms with van der Waals surface area (Å²) in [5.41, 5.74) is -0.278. The third-order valence-corrected chi connectivity index (χ3v) is 2.32. The van der Waals surface area contributed by atoms with E-state index in [2.05, 4.69) is 9.97 Å². The van der Waals surface area contributed by atoms with Gasteiger partial charge in [-0.15, -0.1) is 0 Å². The highest BCUT2D eigenvalue weighted by molar-refractivity contribution is 5.62. The van der Waals surface area contributed by atoms with Gasteiger partial charge >= 0.3 is 5.69 Å². The molecule has 0 N–H and O–H groups in total. The number of hydrogen-bond donors (Lipinski definition) is 0. The molecular weight excluding hydrogens is 238 g/mol. The lowest BCUT2D eigenvalue weighted by atomic mass is 10.3. The maximum absolute atomic E-state index is 11.0. The summed E-state index contributed by atoms with van der Waals surface area (Å²) < 4.78 is 4.86. The van der Waals surface area contributed by atoms with Crippen LogP contribution in [0.3, 0.4) is 0 Å². The van der Waals surface area contributed by atoms with Crippen LogP contribution in [-0.4, -0.2) is 35.1 Å². The molecule has 96 valence electrons. The van der Waals surface area contributed by atoms with Crippen molar-refractivity contribution >= 4 is 11.5 Å². The van der Waals surface area contributed by atoms with Crippen LogP contribution >= 0.6 is 0 Å². The molecule has 1 aromatic heterocycles. The molecule has 8 heteroatoms. The molecule has 0 aliphatic rings. The molecule has 0 aliphatic heterocycles. The molecule has 1 aromatic rings. The Balaban J connectivity index is 3.21. The quantitative estimate of drug-likeness (QED) is 0.551. The lowest BCUT2D eigenvalue weighted by Gasteiger charge is -2.20. The smallest absolute Gasteiger partial charge is 0.372 e. The van der Waals surface area contributed by atoms with E-state index in [0.29, 0.717) is 13.1 Å². The summed E-state index contributed by atoms with van der Waals surface area (Å²) in [6.07, 6.45) is 1.47. The standard InChI is InChI=1S/C10H13N5O3/c1-3-14(6-4-5-11)9-8(15(16)17)10(18-2)13-7-12-9/h7H,3-4,6H2,1-2H3. The molecule has 0 amide bonds. The Kier molecular flexibility index (Phi) is 4.80. The summed E-state index contributed by atoms with van der Waals surface area (Å²) in [6.45, 7) is 2.70. The Morgan fingerprint density at radius 1 is 1.61 bits per heavy atom. The Morgan fingerprint density at radius 2 is 2.33 bits per heavy atom. The van der Waals surface area contributed by atoms with E-state index in [1.165, 1.54) is 13.4 Å². The first-order valence-electron chi connectivity index (χ1n) is 5.31. The first-order chi connectivity index (χ1) is 8.65. The van der Waals surface area contributed by atoms with Gasteiger partial charge in [-0.25, -0.2) is 4.98 Å². The fraction of sp³-hybridized carbons (Fsp3) is 0.500. The summed E-state index contributed by atoms with van der Waals surface area (Å²) >= 11 is 0. The molecule has 0 fully saturated rings. The number of rotatable bonds is 6. The highest BCUT2D eigenvalue weighted by Crippen LogP contribution is 2.32. The van der Waals surface area contributed by atoms with Crippen LogP contribution in [0.15, 0.2) is 6.33 Å². The molecule has 1 heterocycles. The molecule has 8 nitrogen and oxygen atoms in total. The van der Waals surface area contributed by atoms with Gasteiger partial charge in [0.15, 0.2) is 0 Å². The highest BCUT2D eigenvalue weighted by Gasteiger charge is 2.26. The number of anilines is 1. The second-order valence-electron chi connectivity index (χ2n) is 3.30. The summed E-state index contributed by atoms with van der Waals surface area (Å²) in [5.74, 6) is 0.0880. The number of nitrogens with zero attached hydrogens (tertiary/aromatic N) is 5. The topological polar surface area (TPSA) is 105 Å². The van der Waals surface area contributed by atoms with Crippen LogP contribution in [0.5, 0.6) is 5.88 Å². The second-order valence-corrected chi connectivity index (χ2v) is 3.30. The molecule has 0 radical (unpaired) electrons. The monoisotopic (exact) mass is 251 g/mol. The Hall–Kier alpha value is -2.43. The Labute approximate surface area is 104 Å². The van der Waals surface area contributed by atoms with Gasteiger partial charge < -0.3 is 9.64 Å². The first-order valence-corrected chi connectivity index (χ1v) is 5.31. The van der Waals surface area contributed by atoms with Gasteiger partial charge in [-0.1, -0.05) is 0 Å². The molecule has 0 unspecified atom stereocenters. The normalized spacial score (nSPS) is 9.61. The van der Waals surface area contributed by atoms with Crippen molar-refractivity contribution < 1.29 is 9.66 Å². The maximum Gasteiger partial charge on any atom is 0.372 e. The van der Waals surface area contributed by atoms with E-state index in [4.69, 9.17) is 10.00 Å². The van der Waals surface area contributed by atoms with Crippen molar-refractivity contribution in [2.24, 2.45) is 0 Å². The van der Waals surface area contributed by atoms with E-state index in [-0.39, 0.29) is 23.8 Å². The van der Waals surface area contributed by atoms with Gasteiger partial charge in [0.1, 0.15) is 6.33 Å². The van der Waals surface area contributed by atoms with Crippen molar-refractivity contribution in [3.8, 4) is 11.9 Å². The van der Waals surface area contributed by atoms with Crippen molar-refractivity contribution in [2.45, 2.75) is 13.3 Å². The predicted molar refractivity (Wildman–Crippen MR) is 63.4 cm³/mol. The zero-order valence-electron chi connectivity index (χ0n) is 10.2. The molecule has 0 aromatic carbocycles. The molecule has 0 atom stereocenters. The van der Waals surface area contributed by atoms with Crippen LogP contribution < -0.4 is 9.64 Å². The minimum absolute atomic E-state index is 0.0830. The van der Waals surface area contributed by atoms with Crippen LogP contribution in [0.2, 0.25) is 0 Å². The molecule has 0 bridgehead atoms. The van der Waals surface area contributed by atoms with Crippen LogP contribution in [0, 0.1) is 21.4 Å². The predicted octanol–water partition coefficient (Wildman–Crippen LogP) is 1.13. The second kappa shape index (κ2) is 6.34. The van der Waals surface area contributed by atoms with Gasteiger partial charge in [0.05, 0.1) is 24.5 Å². The number of hydrogen-bond acceptors (Lipinski definition) is 7. The van der Waals surface area contributed by atoms with Crippen molar-refractivity contribution in [1.29, 1.82) is 5.26 Å². The minimum Gasteiger partial charge on any atom is -0.476 e. The first kappa shape index (κ1) is 13.6. The summed E-state index contributed by atoms with van der Waals surface area (Å²) in [4.78, 5) is 19.7. The van der Waals surface area contributed by atoms with Crippen LogP contribution in [-0.2, 0) is 0 Å². The van der Waals surface area contributed by atoms with E-state index in [1.807, 2.05) is 13.0 Å². The molecule has 0 aliphatic carbocycles. The summed E-state index contributed by atoms with van der Waals surface area (Å²) in [5, 5.41) is 19.6. The third kappa shape index (κ3) is 2.82. The van der Waals surface area contributed by atoms with E-state index >= 15 is 0 Å². The van der Waals surface area contributed by atoms with Gasteiger partial charge in [0, 0.05) is 13.1 Å². The summed E-state index contributed by atoms with van der Waals surface area (Å²) in [7, 11) is 1.31. The molecule has 0 spiro atoms. The molecule has 1 rings (SSSR count). The Morgan fingerprint density at radius 3 is 2.83 bits per heavy atom. The lowest BCUT2D eigenvalue weighted by Crippen LogP contribution is -2.26. The van der Waals surface area contributed by atoms with Gasteiger partial charge in [-0.2, -0.15) is 10.2 Å². The van der Waals surface area contributed by atoms with Crippen molar-refractivity contribution in [3.63, 3.8) is 0 Å². The molecule has 0 saturated heterocycles. The van der Waals surface area contributed by atoms with E-state index in [9.17, 15) is 10.1 Å². The van der Waals surface area contributed by atoms with Crippen LogP contribution in [0.1, 0.15) is 13.3 Å². The average molecular weight is 251 g/mol. The third-order valence-electron chi connectivity index (χ3n) is 2.32. The summed E-state index contributed by atoms with van der Waals surface area (Å²) in [6, 6.07) is 1.99. The lowest BCUT2D eigenvalue weighted by molar-refractivity contribution is -0.385. The van der Waals surface area contributed by atoms with E-state index < -0.39 is 4.92 Å². The zero-order valence-corrected chi connectivity index (χ0v) is 10.2. The van der Waals surface area contributed by atoms with Crippen molar-refractivity contribution in [1.82, 2.24) is 9.97 Å². The number of nitro groups is 1. The molecule has 18 heavy (non-hydrogen) atoms. The molecular formula is C10H13N5O3. The fourth-order valence-electron chi connectivity index (χ4n) is 1.49. The van der Waals surface area contributed by atoms with Gasteiger partial charge in [0.25, 0.3) is 5.88 Å².